The lowest BCUT2D eigenvalue weighted by atomic mass is 10.1. The number of nitrogens with zero attached hydrogens (tertiary/aromatic N) is 1. The molecule has 0 bridgehead atoms. The predicted molar refractivity (Wildman–Crippen MR) is 89.8 cm³/mol. The van der Waals surface area contributed by atoms with Crippen LogP contribution in [-0.4, -0.2) is 23.4 Å². The molecule has 1 aliphatic heterocycles. The molecule has 1 unspecified atom stereocenters. The van der Waals surface area contributed by atoms with Crippen molar-refractivity contribution in [3.63, 3.8) is 0 Å². The third kappa shape index (κ3) is 3.49. The molecule has 0 radical (unpaired) electrons. The number of amides is 1. The van der Waals surface area contributed by atoms with E-state index in [1.807, 2.05) is 54.6 Å². The monoisotopic (exact) mass is 312 g/mol. The van der Waals surface area contributed by atoms with Crippen molar-refractivity contribution < 1.29 is 9.53 Å². The van der Waals surface area contributed by atoms with Gasteiger partial charge in [-0.05, 0) is 36.2 Å². The maximum Gasteiger partial charge on any atom is 0.239 e. The number of thioether (sulfide) groups is 1. The van der Waals surface area contributed by atoms with Gasteiger partial charge in [-0.3, -0.25) is 4.79 Å². The van der Waals surface area contributed by atoms with E-state index >= 15 is 0 Å². The zero-order valence-electron chi connectivity index (χ0n) is 12.2. The molecular weight excluding hydrogens is 296 g/mol. The second kappa shape index (κ2) is 6.66. The maximum atomic E-state index is 12.1. The van der Waals surface area contributed by atoms with Crippen LogP contribution < -0.4 is 10.1 Å². The predicted octanol–water partition coefficient (Wildman–Crippen LogP) is 3.16. The number of nitrogens with one attached hydrogen (secondary N) is 1. The normalized spacial score (nSPS) is 19.2. The Hall–Kier alpha value is -2.27. The quantitative estimate of drug-likeness (QED) is 0.943. The van der Waals surface area contributed by atoms with Gasteiger partial charge in [-0.15, -0.1) is 0 Å². The summed E-state index contributed by atoms with van der Waals surface area (Å²) in [7, 11) is 1.64. The van der Waals surface area contributed by atoms with E-state index in [-0.39, 0.29) is 11.2 Å². The average molecular weight is 312 g/mol. The molecule has 2 aromatic rings. The first-order valence-electron chi connectivity index (χ1n) is 6.99. The molecule has 4 nitrogen and oxygen atoms in total. The highest BCUT2D eigenvalue weighted by atomic mass is 32.2. The number of ether oxygens (including phenoxy) is 1. The van der Waals surface area contributed by atoms with Gasteiger partial charge in [0.05, 0.1) is 18.0 Å². The summed E-state index contributed by atoms with van der Waals surface area (Å²) in [5.74, 6) is 0.828. The summed E-state index contributed by atoms with van der Waals surface area (Å²) in [4.78, 5) is 16.5. The first kappa shape index (κ1) is 14.7. The lowest BCUT2D eigenvalue weighted by Gasteiger charge is -2.06. The van der Waals surface area contributed by atoms with Crippen molar-refractivity contribution >= 4 is 28.5 Å². The Morgan fingerprint density at radius 3 is 2.55 bits per heavy atom. The Kier molecular flexibility index (Phi) is 4.44. The van der Waals surface area contributed by atoms with Crippen molar-refractivity contribution in [2.45, 2.75) is 11.7 Å². The van der Waals surface area contributed by atoms with Crippen LogP contribution in [0, 0.1) is 0 Å². The fraction of sp³-hybridized carbons (Fsp3) is 0.176. The highest BCUT2D eigenvalue weighted by Gasteiger charge is 2.30. The lowest BCUT2D eigenvalue weighted by molar-refractivity contribution is -0.118. The number of carbonyl (C=O) groups is 1. The van der Waals surface area contributed by atoms with Crippen LogP contribution in [0.15, 0.2) is 59.6 Å². The number of amidine groups is 1. The van der Waals surface area contributed by atoms with Crippen LogP contribution in [0.4, 0.5) is 5.69 Å². The van der Waals surface area contributed by atoms with Crippen molar-refractivity contribution in [2.75, 3.05) is 7.11 Å². The van der Waals surface area contributed by atoms with Gasteiger partial charge in [0, 0.05) is 0 Å². The van der Waals surface area contributed by atoms with Gasteiger partial charge in [-0.2, -0.15) is 0 Å². The van der Waals surface area contributed by atoms with Gasteiger partial charge < -0.3 is 10.1 Å². The fourth-order valence-corrected chi connectivity index (χ4v) is 3.22. The summed E-state index contributed by atoms with van der Waals surface area (Å²) in [6.07, 6.45) is 0.675. The fourth-order valence-electron chi connectivity index (χ4n) is 2.19. The number of hydrogen-bond acceptors (Lipinski definition) is 4. The lowest BCUT2D eigenvalue weighted by Crippen LogP contribution is -2.25. The van der Waals surface area contributed by atoms with Crippen LogP contribution in [0.25, 0.3) is 0 Å². The SMILES string of the molecule is COc1ccc(CC2SC(=Nc3ccccc3)NC2=O)cc1. The zero-order valence-corrected chi connectivity index (χ0v) is 13.0. The smallest absolute Gasteiger partial charge is 0.239 e. The van der Waals surface area contributed by atoms with Crippen LogP contribution in [0.1, 0.15) is 5.56 Å². The van der Waals surface area contributed by atoms with Gasteiger partial charge in [0.1, 0.15) is 5.75 Å². The number of para-hydroxylation sites is 1. The van der Waals surface area contributed by atoms with Crippen molar-refractivity contribution in [3.8, 4) is 5.75 Å². The van der Waals surface area contributed by atoms with Crippen molar-refractivity contribution in [1.29, 1.82) is 0 Å². The van der Waals surface area contributed by atoms with Gasteiger partial charge >= 0.3 is 0 Å². The number of methoxy groups -OCH3 is 1. The van der Waals surface area contributed by atoms with E-state index in [2.05, 4.69) is 10.3 Å². The van der Waals surface area contributed by atoms with Crippen LogP contribution in [-0.2, 0) is 11.2 Å². The van der Waals surface area contributed by atoms with E-state index in [0.717, 1.165) is 17.0 Å². The average Bonchev–Trinajstić information content (AvgIpc) is 2.88. The molecule has 22 heavy (non-hydrogen) atoms. The van der Waals surface area contributed by atoms with Crippen LogP contribution in [0.2, 0.25) is 0 Å². The molecule has 1 atom stereocenters. The Labute approximate surface area is 133 Å². The molecule has 0 spiro atoms. The van der Waals surface area contributed by atoms with Gasteiger partial charge in [0.2, 0.25) is 5.91 Å². The minimum atomic E-state index is -0.143. The largest absolute Gasteiger partial charge is 0.497 e. The minimum Gasteiger partial charge on any atom is -0.497 e. The highest BCUT2D eigenvalue weighted by Crippen LogP contribution is 2.26. The summed E-state index contributed by atoms with van der Waals surface area (Å²) in [6.45, 7) is 0. The van der Waals surface area contributed by atoms with Crippen LogP contribution >= 0.6 is 11.8 Å². The van der Waals surface area contributed by atoms with Crippen molar-refractivity contribution in [3.05, 3.63) is 60.2 Å². The third-order valence-corrected chi connectivity index (χ3v) is 4.43. The molecular formula is C17H16N2O2S. The standard InChI is InChI=1S/C17H16N2O2S/c1-21-14-9-7-12(8-10-14)11-15-16(20)19-17(22-15)18-13-5-3-2-4-6-13/h2-10,15H,11H2,1H3,(H,18,19,20). The molecule has 3 rings (SSSR count). The van der Waals surface area contributed by atoms with Crippen molar-refractivity contribution in [1.82, 2.24) is 5.32 Å². The number of aliphatic imine (C=N–C) groups is 1. The van der Waals surface area contributed by atoms with E-state index in [0.29, 0.717) is 11.6 Å². The summed E-state index contributed by atoms with van der Waals surface area (Å²) in [5, 5.41) is 3.36. The first-order chi connectivity index (χ1) is 10.7. The van der Waals surface area contributed by atoms with Crippen LogP contribution in [0.3, 0.4) is 0 Å². The first-order valence-corrected chi connectivity index (χ1v) is 7.87. The summed E-state index contributed by atoms with van der Waals surface area (Å²) in [5.41, 5.74) is 1.95. The Morgan fingerprint density at radius 2 is 1.86 bits per heavy atom. The second-order valence-corrected chi connectivity index (χ2v) is 6.09. The van der Waals surface area contributed by atoms with Gasteiger partial charge in [0.15, 0.2) is 5.17 Å². The molecule has 1 heterocycles. The number of rotatable bonds is 4. The molecule has 0 aliphatic carbocycles. The Bertz CT molecular complexity index is 684. The molecule has 112 valence electrons. The van der Waals surface area contributed by atoms with Gasteiger partial charge in [0.25, 0.3) is 0 Å². The van der Waals surface area contributed by atoms with E-state index in [9.17, 15) is 4.79 Å². The molecule has 1 N–H and O–H groups in total. The molecule has 5 heteroatoms. The molecule has 1 aliphatic rings. The third-order valence-electron chi connectivity index (χ3n) is 3.34. The molecule has 1 fully saturated rings. The van der Waals surface area contributed by atoms with E-state index in [4.69, 9.17) is 4.74 Å². The van der Waals surface area contributed by atoms with Crippen LogP contribution in [0.5, 0.6) is 5.75 Å². The number of carbonyl (C=O) groups excluding carboxylic acids is 1. The Morgan fingerprint density at radius 1 is 1.14 bits per heavy atom. The topological polar surface area (TPSA) is 50.7 Å². The zero-order chi connectivity index (χ0) is 15.4. The summed E-state index contributed by atoms with van der Waals surface area (Å²) < 4.78 is 5.14. The Balaban J connectivity index is 1.68. The van der Waals surface area contributed by atoms with Crippen molar-refractivity contribution in [2.24, 2.45) is 4.99 Å². The molecule has 0 aromatic heterocycles. The second-order valence-electron chi connectivity index (χ2n) is 4.90. The van der Waals surface area contributed by atoms with Gasteiger partial charge in [-0.1, -0.05) is 42.1 Å². The van der Waals surface area contributed by atoms with E-state index < -0.39 is 0 Å². The summed E-state index contributed by atoms with van der Waals surface area (Å²) >= 11 is 1.48. The number of hydrogen-bond donors (Lipinski definition) is 1. The van der Waals surface area contributed by atoms with E-state index in [1.165, 1.54) is 11.8 Å². The molecule has 1 amide bonds. The molecule has 2 aromatic carbocycles. The minimum absolute atomic E-state index is 0.00972. The van der Waals surface area contributed by atoms with Gasteiger partial charge in [-0.25, -0.2) is 4.99 Å². The highest BCUT2D eigenvalue weighted by molar-refractivity contribution is 8.15. The summed E-state index contributed by atoms with van der Waals surface area (Å²) in [6, 6.07) is 17.4. The number of benzene rings is 2. The molecule has 1 saturated heterocycles. The molecule has 0 saturated carbocycles. The van der Waals surface area contributed by atoms with E-state index in [1.54, 1.807) is 7.11 Å². The maximum absolute atomic E-state index is 12.1.